The van der Waals surface area contributed by atoms with Gasteiger partial charge in [0.25, 0.3) is 0 Å². The number of aliphatic hydroxyl groups excluding tert-OH is 1. The largest absolute Gasteiger partial charge is 0.394 e. The maximum atomic E-state index is 10.5. The first-order chi connectivity index (χ1) is 5.62. The molecule has 0 spiro atoms. The predicted octanol–water partition coefficient (Wildman–Crippen LogP) is -1.31. The summed E-state index contributed by atoms with van der Waals surface area (Å²) in [5, 5.41) is 8.26. The van der Waals surface area contributed by atoms with E-state index < -0.39 is 10.3 Å². The molecule has 0 aromatic rings. The molecule has 0 bridgehead atoms. The molecule has 12 heavy (non-hydrogen) atoms. The van der Waals surface area contributed by atoms with E-state index in [1.807, 2.05) is 0 Å². The summed E-state index contributed by atoms with van der Waals surface area (Å²) in [6, 6.07) is 0. The van der Waals surface area contributed by atoms with Gasteiger partial charge in [0.05, 0.1) is 26.4 Å². The summed E-state index contributed by atoms with van der Waals surface area (Å²) >= 11 is 3.30. The summed E-state index contributed by atoms with van der Waals surface area (Å²) in [6.45, 7) is 0.0699. The van der Waals surface area contributed by atoms with Gasteiger partial charge in [0.15, 0.2) is 0 Å². The number of ether oxygens (including phenoxy) is 1. The second kappa shape index (κ2) is 6.63. The van der Waals surface area contributed by atoms with Crippen LogP contribution in [0.15, 0.2) is 0 Å². The lowest BCUT2D eigenvalue weighted by atomic mass is 10.7. The van der Waals surface area contributed by atoms with Crippen LogP contribution in [0, 0.1) is 0 Å². The van der Waals surface area contributed by atoms with Crippen molar-refractivity contribution in [3.63, 3.8) is 0 Å². The molecule has 0 heterocycles. The van der Waals surface area contributed by atoms with Crippen molar-refractivity contribution in [3.05, 3.63) is 0 Å². The SMILES string of the molecule is O=S(=O)(NS)OCCOCCO. The van der Waals surface area contributed by atoms with E-state index in [-0.39, 0.29) is 26.4 Å². The van der Waals surface area contributed by atoms with Crippen LogP contribution in [0.4, 0.5) is 0 Å². The van der Waals surface area contributed by atoms with Crippen molar-refractivity contribution in [2.75, 3.05) is 26.4 Å². The summed E-state index contributed by atoms with van der Waals surface area (Å²) in [5.41, 5.74) is 0. The lowest BCUT2D eigenvalue weighted by Gasteiger charge is -2.03. The molecule has 8 heteroatoms. The lowest BCUT2D eigenvalue weighted by Crippen LogP contribution is -2.19. The van der Waals surface area contributed by atoms with Crippen LogP contribution in [0.1, 0.15) is 0 Å². The van der Waals surface area contributed by atoms with E-state index in [0.717, 1.165) is 0 Å². The molecule has 74 valence electrons. The third-order valence-corrected chi connectivity index (χ3v) is 2.18. The standard InChI is InChI=1S/C4H11NO5S2/c6-1-2-9-3-4-10-12(7,8)5-11/h5-6,11H,1-4H2. The quantitative estimate of drug-likeness (QED) is 0.364. The highest BCUT2D eigenvalue weighted by atomic mass is 32.3. The molecule has 0 unspecified atom stereocenters. The van der Waals surface area contributed by atoms with Crippen molar-refractivity contribution in [3.8, 4) is 0 Å². The molecule has 0 rings (SSSR count). The van der Waals surface area contributed by atoms with Gasteiger partial charge in [-0.15, -0.1) is 4.13 Å². The fourth-order valence-electron chi connectivity index (χ4n) is 0.396. The molecule has 0 amide bonds. The second-order valence-corrected chi connectivity index (χ2v) is 3.58. The van der Waals surface area contributed by atoms with Gasteiger partial charge in [0, 0.05) is 0 Å². The smallest absolute Gasteiger partial charge is 0.345 e. The maximum Gasteiger partial charge on any atom is 0.345 e. The first kappa shape index (κ1) is 12.1. The van der Waals surface area contributed by atoms with Gasteiger partial charge in [-0.2, -0.15) is 8.42 Å². The topological polar surface area (TPSA) is 84.9 Å². The van der Waals surface area contributed by atoms with Gasteiger partial charge in [0.2, 0.25) is 0 Å². The molecule has 0 saturated heterocycles. The normalized spacial score (nSPS) is 11.8. The second-order valence-electron chi connectivity index (χ2n) is 1.70. The summed E-state index contributed by atoms with van der Waals surface area (Å²) in [6.07, 6.45) is 0. The average molecular weight is 217 g/mol. The van der Waals surface area contributed by atoms with E-state index in [4.69, 9.17) is 9.84 Å². The van der Waals surface area contributed by atoms with Crippen LogP contribution in [0.25, 0.3) is 0 Å². The molecular weight excluding hydrogens is 206 g/mol. The van der Waals surface area contributed by atoms with Gasteiger partial charge in [-0.3, -0.25) is 4.18 Å². The molecule has 0 radical (unpaired) electrons. The zero-order valence-electron chi connectivity index (χ0n) is 6.26. The van der Waals surface area contributed by atoms with Gasteiger partial charge in [-0.1, -0.05) is 12.8 Å². The molecule has 6 nitrogen and oxygen atoms in total. The number of aliphatic hydroxyl groups is 1. The average Bonchev–Trinajstić information content (AvgIpc) is 2.04. The van der Waals surface area contributed by atoms with Crippen molar-refractivity contribution in [1.82, 2.24) is 4.13 Å². The first-order valence-corrected chi connectivity index (χ1v) is 4.97. The Hall–Kier alpha value is 0.140. The lowest BCUT2D eigenvalue weighted by molar-refractivity contribution is 0.0718. The number of rotatable bonds is 7. The molecular formula is C4H11NO5S2. The fraction of sp³-hybridized carbons (Fsp3) is 1.00. The first-order valence-electron chi connectivity index (χ1n) is 3.11. The van der Waals surface area contributed by atoms with E-state index in [2.05, 4.69) is 17.0 Å². The summed E-state index contributed by atoms with van der Waals surface area (Å²) in [4.78, 5) is 0. The highest BCUT2D eigenvalue weighted by molar-refractivity contribution is 7.97. The van der Waals surface area contributed by atoms with Crippen molar-refractivity contribution in [2.24, 2.45) is 0 Å². The van der Waals surface area contributed by atoms with Crippen molar-refractivity contribution < 1.29 is 22.4 Å². The van der Waals surface area contributed by atoms with Crippen LogP contribution < -0.4 is 4.13 Å². The molecule has 0 fully saturated rings. The van der Waals surface area contributed by atoms with Gasteiger partial charge in [-0.25, -0.2) is 0 Å². The zero-order chi connectivity index (χ0) is 9.45. The number of hydrogen-bond acceptors (Lipinski definition) is 6. The molecule has 0 atom stereocenters. The van der Waals surface area contributed by atoms with Gasteiger partial charge in [0.1, 0.15) is 0 Å². The monoisotopic (exact) mass is 217 g/mol. The van der Waals surface area contributed by atoms with Gasteiger partial charge >= 0.3 is 10.3 Å². The Kier molecular flexibility index (Phi) is 6.71. The van der Waals surface area contributed by atoms with Crippen molar-refractivity contribution in [1.29, 1.82) is 0 Å². The Balaban J connectivity index is 3.32. The van der Waals surface area contributed by atoms with E-state index in [0.29, 0.717) is 0 Å². The molecule has 0 saturated carbocycles. The van der Waals surface area contributed by atoms with E-state index in [1.54, 1.807) is 4.13 Å². The zero-order valence-corrected chi connectivity index (χ0v) is 7.98. The van der Waals surface area contributed by atoms with Crippen LogP contribution in [-0.4, -0.2) is 40.0 Å². The Bertz CT molecular complexity index is 192. The molecule has 0 aliphatic heterocycles. The Labute approximate surface area is 76.7 Å². The number of hydrogen-bond donors (Lipinski definition) is 3. The fourth-order valence-corrected chi connectivity index (χ4v) is 0.894. The highest BCUT2D eigenvalue weighted by Crippen LogP contribution is 1.88. The van der Waals surface area contributed by atoms with Crippen LogP contribution in [0.2, 0.25) is 0 Å². The Morgan fingerprint density at radius 1 is 1.33 bits per heavy atom. The van der Waals surface area contributed by atoms with Crippen molar-refractivity contribution in [2.45, 2.75) is 0 Å². The number of thiol groups is 1. The van der Waals surface area contributed by atoms with Crippen LogP contribution >= 0.6 is 12.8 Å². The Morgan fingerprint density at radius 3 is 2.50 bits per heavy atom. The van der Waals surface area contributed by atoms with Crippen LogP contribution in [0.3, 0.4) is 0 Å². The summed E-state index contributed by atoms with van der Waals surface area (Å²) < 4.78 is 31.7. The predicted molar refractivity (Wildman–Crippen MR) is 44.9 cm³/mol. The van der Waals surface area contributed by atoms with Gasteiger partial charge < -0.3 is 9.84 Å². The molecule has 2 N–H and O–H groups in total. The van der Waals surface area contributed by atoms with E-state index in [9.17, 15) is 8.42 Å². The van der Waals surface area contributed by atoms with Crippen LogP contribution in [0.5, 0.6) is 0 Å². The summed E-state index contributed by atoms with van der Waals surface area (Å²) in [7, 11) is -3.73. The minimum atomic E-state index is -3.73. The molecule has 0 aliphatic rings. The summed E-state index contributed by atoms with van der Waals surface area (Å²) in [5.74, 6) is 0. The van der Waals surface area contributed by atoms with Gasteiger partial charge in [-0.05, 0) is 0 Å². The third-order valence-electron chi connectivity index (χ3n) is 0.814. The highest BCUT2D eigenvalue weighted by Gasteiger charge is 2.05. The third kappa shape index (κ3) is 6.83. The maximum absolute atomic E-state index is 10.5. The molecule has 0 aliphatic carbocycles. The minimum absolute atomic E-state index is 0.0996. The van der Waals surface area contributed by atoms with E-state index >= 15 is 0 Å². The number of nitrogens with one attached hydrogen (secondary N) is 1. The molecule has 0 aromatic heterocycles. The van der Waals surface area contributed by atoms with Crippen molar-refractivity contribution >= 4 is 23.1 Å². The van der Waals surface area contributed by atoms with Crippen LogP contribution in [-0.2, 0) is 19.2 Å². The van der Waals surface area contributed by atoms with E-state index in [1.165, 1.54) is 0 Å². The Morgan fingerprint density at radius 2 is 2.00 bits per heavy atom. The minimum Gasteiger partial charge on any atom is -0.394 e. The molecule has 0 aromatic carbocycles.